The van der Waals surface area contributed by atoms with E-state index in [0.29, 0.717) is 26.2 Å². The Kier molecular flexibility index (Phi) is 10.4. The molecule has 0 aliphatic carbocycles. The van der Waals surface area contributed by atoms with Gasteiger partial charge in [0.25, 0.3) is 0 Å². The van der Waals surface area contributed by atoms with Crippen LogP contribution in [0.1, 0.15) is 31.7 Å². The Labute approximate surface area is 140 Å². The van der Waals surface area contributed by atoms with E-state index in [1.165, 1.54) is 5.56 Å². The highest BCUT2D eigenvalue weighted by Gasteiger charge is 2.12. The summed E-state index contributed by atoms with van der Waals surface area (Å²) in [5.74, 6) is 0.867. The zero-order valence-corrected chi connectivity index (χ0v) is 14.4. The van der Waals surface area contributed by atoms with Gasteiger partial charge in [-0.25, -0.2) is 0 Å². The molecule has 0 aromatic heterocycles. The summed E-state index contributed by atoms with van der Waals surface area (Å²) >= 11 is 0. The van der Waals surface area contributed by atoms with E-state index in [-0.39, 0.29) is 12.2 Å². The predicted molar refractivity (Wildman–Crippen MR) is 93.0 cm³/mol. The van der Waals surface area contributed by atoms with Crippen LogP contribution in [0.3, 0.4) is 0 Å². The van der Waals surface area contributed by atoms with Crippen molar-refractivity contribution in [3.05, 3.63) is 42.5 Å². The minimum absolute atomic E-state index is 0.119. The topological polar surface area (TPSA) is 47.9 Å². The van der Waals surface area contributed by atoms with Gasteiger partial charge in [0.05, 0.1) is 32.5 Å². The number of hydrogen-bond donors (Lipinski definition) is 1. The van der Waals surface area contributed by atoms with Crippen molar-refractivity contribution in [1.82, 2.24) is 0 Å². The zero-order valence-electron chi connectivity index (χ0n) is 14.4. The van der Waals surface area contributed by atoms with Gasteiger partial charge in [0, 0.05) is 13.0 Å². The lowest BCUT2D eigenvalue weighted by atomic mass is 10.0. The Morgan fingerprint density at radius 3 is 2.57 bits per heavy atom. The number of ether oxygens (including phenoxy) is 3. The molecule has 0 saturated heterocycles. The van der Waals surface area contributed by atoms with Crippen molar-refractivity contribution < 1.29 is 19.3 Å². The lowest BCUT2D eigenvalue weighted by molar-refractivity contribution is 0.00390. The molecule has 2 atom stereocenters. The molecule has 1 aromatic rings. The Morgan fingerprint density at radius 2 is 1.96 bits per heavy atom. The van der Waals surface area contributed by atoms with Gasteiger partial charge in [0.15, 0.2) is 0 Å². The number of aliphatic hydroxyl groups excluding tert-OH is 1. The first-order chi connectivity index (χ1) is 11.2. The number of benzene rings is 1. The van der Waals surface area contributed by atoms with Crippen molar-refractivity contribution in [2.24, 2.45) is 0 Å². The molecule has 1 N–H and O–H groups in total. The van der Waals surface area contributed by atoms with Crippen LogP contribution in [0.5, 0.6) is 5.75 Å². The summed E-state index contributed by atoms with van der Waals surface area (Å²) in [7, 11) is 1.66. The van der Waals surface area contributed by atoms with Crippen molar-refractivity contribution in [3.8, 4) is 5.75 Å². The molecule has 0 aliphatic heterocycles. The molecule has 4 nitrogen and oxygen atoms in total. The Bertz CT molecular complexity index is 416. The molecule has 0 saturated carbocycles. The summed E-state index contributed by atoms with van der Waals surface area (Å²) in [6.45, 7) is 7.52. The van der Waals surface area contributed by atoms with Gasteiger partial charge in [0.2, 0.25) is 0 Å². The monoisotopic (exact) mass is 322 g/mol. The van der Waals surface area contributed by atoms with E-state index in [9.17, 15) is 5.11 Å². The second kappa shape index (κ2) is 12.1. The van der Waals surface area contributed by atoms with Gasteiger partial charge in [-0.3, -0.25) is 0 Å². The van der Waals surface area contributed by atoms with Crippen LogP contribution in [0.2, 0.25) is 0 Å². The molecule has 1 aromatic carbocycles. The van der Waals surface area contributed by atoms with Crippen molar-refractivity contribution in [3.63, 3.8) is 0 Å². The van der Waals surface area contributed by atoms with E-state index >= 15 is 0 Å². The molecule has 0 unspecified atom stereocenters. The molecule has 0 radical (unpaired) electrons. The van der Waals surface area contributed by atoms with Crippen LogP contribution in [-0.2, 0) is 15.9 Å². The number of methoxy groups -OCH3 is 1. The third-order valence-corrected chi connectivity index (χ3v) is 3.69. The highest BCUT2D eigenvalue weighted by molar-refractivity contribution is 5.27. The lowest BCUT2D eigenvalue weighted by Gasteiger charge is -2.18. The molecule has 0 bridgehead atoms. The largest absolute Gasteiger partial charge is 0.497 e. The number of hydrogen-bond acceptors (Lipinski definition) is 4. The molecule has 0 aliphatic rings. The van der Waals surface area contributed by atoms with Gasteiger partial charge >= 0.3 is 0 Å². The highest BCUT2D eigenvalue weighted by Crippen LogP contribution is 2.15. The van der Waals surface area contributed by atoms with Crippen LogP contribution in [0.15, 0.2) is 36.9 Å². The number of aliphatic hydroxyl groups is 1. The fourth-order valence-corrected chi connectivity index (χ4v) is 2.36. The summed E-state index contributed by atoms with van der Waals surface area (Å²) < 4.78 is 16.0. The molecule has 1 rings (SSSR count). The number of rotatable bonds is 13. The summed E-state index contributed by atoms with van der Waals surface area (Å²) in [4.78, 5) is 0. The maximum absolute atomic E-state index is 10.1. The fourth-order valence-electron chi connectivity index (χ4n) is 2.36. The van der Waals surface area contributed by atoms with E-state index in [1.54, 1.807) is 13.2 Å². The van der Waals surface area contributed by atoms with Crippen LogP contribution >= 0.6 is 0 Å². The van der Waals surface area contributed by atoms with Gasteiger partial charge in [-0.2, -0.15) is 0 Å². The molecular formula is C19H30O4. The van der Waals surface area contributed by atoms with Gasteiger partial charge in [-0.15, -0.1) is 6.58 Å². The standard InChI is InChI=1S/C19H30O4/c1-4-18(23-14-13-22-5-2)15-17(20)8-6-7-16-9-11-19(21-3)12-10-16/h4,9-12,17-18,20H,1,5-8,13-15H2,2-3H3/t17-,18-/m0/s1. The second-order valence-corrected chi connectivity index (χ2v) is 5.47. The minimum Gasteiger partial charge on any atom is -0.497 e. The fraction of sp³-hybridized carbons (Fsp3) is 0.579. The summed E-state index contributed by atoms with van der Waals surface area (Å²) in [6, 6.07) is 8.06. The van der Waals surface area contributed by atoms with E-state index in [4.69, 9.17) is 14.2 Å². The normalized spacial score (nSPS) is 13.5. The van der Waals surface area contributed by atoms with E-state index in [0.717, 1.165) is 25.0 Å². The molecular weight excluding hydrogens is 292 g/mol. The Balaban J connectivity index is 2.20. The third-order valence-electron chi connectivity index (χ3n) is 3.69. The minimum atomic E-state index is -0.372. The van der Waals surface area contributed by atoms with Gasteiger partial charge in [-0.05, 0) is 43.9 Å². The van der Waals surface area contributed by atoms with E-state index in [1.807, 2.05) is 19.1 Å². The van der Waals surface area contributed by atoms with Gasteiger partial charge in [-0.1, -0.05) is 18.2 Å². The highest BCUT2D eigenvalue weighted by atomic mass is 16.5. The second-order valence-electron chi connectivity index (χ2n) is 5.47. The van der Waals surface area contributed by atoms with Crippen molar-refractivity contribution >= 4 is 0 Å². The predicted octanol–water partition coefficient (Wildman–Crippen LogP) is 3.38. The first kappa shape index (κ1) is 19.7. The molecule has 0 fully saturated rings. The first-order valence-electron chi connectivity index (χ1n) is 8.32. The van der Waals surface area contributed by atoms with Crippen molar-refractivity contribution in [2.45, 2.75) is 44.8 Å². The quantitative estimate of drug-likeness (QED) is 0.447. The number of aryl methyl sites for hydroxylation is 1. The smallest absolute Gasteiger partial charge is 0.118 e. The van der Waals surface area contributed by atoms with Gasteiger partial charge in [0.1, 0.15) is 5.75 Å². The van der Waals surface area contributed by atoms with Crippen LogP contribution in [0.4, 0.5) is 0 Å². The van der Waals surface area contributed by atoms with Crippen molar-refractivity contribution in [2.75, 3.05) is 26.9 Å². The maximum atomic E-state index is 10.1. The van der Waals surface area contributed by atoms with Crippen LogP contribution < -0.4 is 4.74 Å². The Morgan fingerprint density at radius 1 is 1.22 bits per heavy atom. The van der Waals surface area contributed by atoms with E-state index in [2.05, 4.69) is 18.7 Å². The maximum Gasteiger partial charge on any atom is 0.118 e. The summed E-state index contributed by atoms with van der Waals surface area (Å²) in [5.41, 5.74) is 1.26. The molecule has 0 amide bonds. The first-order valence-corrected chi connectivity index (χ1v) is 8.32. The lowest BCUT2D eigenvalue weighted by Crippen LogP contribution is -2.21. The van der Waals surface area contributed by atoms with Crippen LogP contribution in [-0.4, -0.2) is 44.2 Å². The molecule has 0 heterocycles. The zero-order chi connectivity index (χ0) is 16.9. The molecule has 130 valence electrons. The average molecular weight is 322 g/mol. The molecule has 0 spiro atoms. The van der Waals surface area contributed by atoms with Crippen LogP contribution in [0.25, 0.3) is 0 Å². The Hall–Kier alpha value is -1.36. The summed E-state index contributed by atoms with van der Waals surface area (Å²) in [5, 5.41) is 10.1. The van der Waals surface area contributed by atoms with Crippen molar-refractivity contribution in [1.29, 1.82) is 0 Å². The summed E-state index contributed by atoms with van der Waals surface area (Å²) in [6.07, 6.45) is 4.48. The average Bonchev–Trinajstić information content (AvgIpc) is 2.58. The van der Waals surface area contributed by atoms with Crippen LogP contribution in [0, 0.1) is 0 Å². The van der Waals surface area contributed by atoms with E-state index < -0.39 is 0 Å². The van der Waals surface area contributed by atoms with Gasteiger partial charge < -0.3 is 19.3 Å². The SMILES string of the molecule is C=C[C@@H](C[C@@H](O)CCCc1ccc(OC)cc1)OCCOCC. The third kappa shape index (κ3) is 8.74. The molecule has 4 heteroatoms. The molecule has 23 heavy (non-hydrogen) atoms.